The van der Waals surface area contributed by atoms with Crippen LogP contribution in [0.1, 0.15) is 44.4 Å². The van der Waals surface area contributed by atoms with E-state index in [4.69, 9.17) is 0 Å². The van der Waals surface area contributed by atoms with E-state index in [1.807, 2.05) is 19.9 Å². The zero-order valence-electron chi connectivity index (χ0n) is 24.3. The molecule has 0 radical (unpaired) electrons. The van der Waals surface area contributed by atoms with Gasteiger partial charge in [-0.15, -0.1) is 0 Å². The van der Waals surface area contributed by atoms with Crippen LogP contribution >= 0.6 is 0 Å². The van der Waals surface area contributed by atoms with E-state index in [9.17, 15) is 32.3 Å². The first-order chi connectivity index (χ1) is 20.3. The van der Waals surface area contributed by atoms with Gasteiger partial charge in [-0.3, -0.25) is 23.7 Å². The second-order valence-electron chi connectivity index (χ2n) is 11.0. The number of hydrogen-bond acceptors (Lipinski definition) is 6. The van der Waals surface area contributed by atoms with E-state index < -0.39 is 35.8 Å². The van der Waals surface area contributed by atoms with Gasteiger partial charge in [0.1, 0.15) is 6.54 Å². The lowest BCUT2D eigenvalue weighted by atomic mass is 10.0. The average molecular weight is 601 g/mol. The number of fused-ring (bicyclic) bond motifs is 1. The molecule has 3 aromatic rings. The van der Waals surface area contributed by atoms with E-state index in [0.717, 1.165) is 22.4 Å². The number of benzene rings is 2. The summed E-state index contributed by atoms with van der Waals surface area (Å²) in [5.74, 6) is -0.789. The molecule has 2 heterocycles. The summed E-state index contributed by atoms with van der Waals surface area (Å²) in [5, 5.41) is 5.77. The Bertz CT molecular complexity index is 1530. The highest BCUT2D eigenvalue weighted by Gasteiger charge is 2.30. The number of amides is 3. The lowest BCUT2D eigenvalue weighted by Gasteiger charge is -2.35. The fourth-order valence-corrected chi connectivity index (χ4v) is 4.86. The second kappa shape index (κ2) is 13.3. The average Bonchev–Trinajstić information content (AvgIpc) is 2.97. The van der Waals surface area contributed by atoms with E-state index in [1.165, 1.54) is 25.4 Å². The number of carbonyl (C=O) groups excluding carboxylic acids is 3. The molecule has 4 rings (SSSR count). The molecule has 1 fully saturated rings. The molecule has 3 amide bonds. The largest absolute Gasteiger partial charge is 0.416 e. The van der Waals surface area contributed by atoms with Gasteiger partial charge < -0.3 is 20.4 Å². The van der Waals surface area contributed by atoms with Crippen molar-refractivity contribution < 1.29 is 27.6 Å². The van der Waals surface area contributed by atoms with Crippen LogP contribution in [0.15, 0.2) is 53.6 Å². The van der Waals surface area contributed by atoms with Crippen LogP contribution in [0.5, 0.6) is 0 Å². The number of aromatic nitrogens is 2. The van der Waals surface area contributed by atoms with Crippen molar-refractivity contribution in [2.24, 2.45) is 5.92 Å². The Morgan fingerprint density at radius 1 is 0.977 bits per heavy atom. The molecule has 1 aliphatic rings. The summed E-state index contributed by atoms with van der Waals surface area (Å²) >= 11 is 0. The van der Waals surface area contributed by atoms with Crippen molar-refractivity contribution in [3.05, 3.63) is 70.3 Å². The SMILES string of the molecule is CC(=O)N1CCN(c2ccc3ncn(CC(=O)N[C@H](CC(=O)NCC(C)C)c4ccc(C(F)(F)F)cc4)c(=O)c3c2)CC1. The Hall–Kier alpha value is -4.42. The maximum absolute atomic E-state index is 13.4. The third kappa shape index (κ3) is 8.11. The first kappa shape index (κ1) is 31.5. The summed E-state index contributed by atoms with van der Waals surface area (Å²) in [6, 6.07) is 8.62. The number of nitrogens with one attached hydrogen (secondary N) is 2. The smallest absolute Gasteiger partial charge is 0.368 e. The molecule has 0 spiro atoms. The molecule has 1 aromatic heterocycles. The summed E-state index contributed by atoms with van der Waals surface area (Å²) in [5.41, 5.74) is 0.285. The van der Waals surface area contributed by atoms with Crippen molar-refractivity contribution in [3.63, 3.8) is 0 Å². The molecule has 10 nitrogen and oxygen atoms in total. The highest BCUT2D eigenvalue weighted by molar-refractivity contribution is 5.83. The van der Waals surface area contributed by atoms with Gasteiger partial charge in [-0.1, -0.05) is 26.0 Å². The number of nitrogens with zero attached hydrogens (tertiary/aromatic N) is 4. The second-order valence-corrected chi connectivity index (χ2v) is 11.0. The highest BCUT2D eigenvalue weighted by Crippen LogP contribution is 2.30. The predicted molar refractivity (Wildman–Crippen MR) is 155 cm³/mol. The zero-order valence-corrected chi connectivity index (χ0v) is 24.3. The Morgan fingerprint density at radius 3 is 2.26 bits per heavy atom. The molecule has 43 heavy (non-hydrogen) atoms. The van der Waals surface area contributed by atoms with E-state index in [1.54, 1.807) is 17.0 Å². The summed E-state index contributed by atoms with van der Waals surface area (Å²) in [4.78, 5) is 58.8. The molecule has 2 N–H and O–H groups in total. The number of halogens is 3. The van der Waals surface area contributed by atoms with Crippen LogP contribution in [0.25, 0.3) is 10.9 Å². The van der Waals surface area contributed by atoms with Crippen molar-refractivity contribution in [1.29, 1.82) is 0 Å². The number of rotatable bonds is 9. The monoisotopic (exact) mass is 600 g/mol. The first-order valence-corrected chi connectivity index (χ1v) is 14.0. The topological polar surface area (TPSA) is 117 Å². The molecule has 0 saturated carbocycles. The van der Waals surface area contributed by atoms with E-state index in [0.29, 0.717) is 49.2 Å². The highest BCUT2D eigenvalue weighted by atomic mass is 19.4. The molecular weight excluding hydrogens is 565 g/mol. The van der Waals surface area contributed by atoms with Crippen molar-refractivity contribution in [3.8, 4) is 0 Å². The van der Waals surface area contributed by atoms with Gasteiger partial charge in [-0.05, 0) is 41.8 Å². The van der Waals surface area contributed by atoms with Gasteiger partial charge in [0.2, 0.25) is 17.7 Å². The van der Waals surface area contributed by atoms with Crippen LogP contribution in [0, 0.1) is 5.92 Å². The van der Waals surface area contributed by atoms with Crippen molar-refractivity contribution in [2.75, 3.05) is 37.6 Å². The van der Waals surface area contributed by atoms with Crippen LogP contribution in [0.2, 0.25) is 0 Å². The number of anilines is 1. The Morgan fingerprint density at radius 2 is 1.65 bits per heavy atom. The Labute approximate surface area is 246 Å². The normalized spacial score (nSPS) is 14.6. The van der Waals surface area contributed by atoms with Crippen LogP contribution in [-0.2, 0) is 27.1 Å². The molecule has 0 aliphatic carbocycles. The molecule has 230 valence electrons. The minimum atomic E-state index is -4.53. The first-order valence-electron chi connectivity index (χ1n) is 14.0. The number of piperazine rings is 1. The van der Waals surface area contributed by atoms with Gasteiger partial charge in [0.05, 0.1) is 35.3 Å². The maximum atomic E-state index is 13.4. The van der Waals surface area contributed by atoms with Crippen molar-refractivity contribution in [1.82, 2.24) is 25.1 Å². The van der Waals surface area contributed by atoms with Gasteiger partial charge in [-0.25, -0.2) is 4.98 Å². The molecule has 1 atom stereocenters. The molecule has 2 aromatic carbocycles. The minimum absolute atomic E-state index is 0.0141. The number of hydrogen-bond donors (Lipinski definition) is 2. The summed E-state index contributed by atoms with van der Waals surface area (Å²) in [6.07, 6.45) is -3.47. The van der Waals surface area contributed by atoms with Gasteiger partial charge in [0.15, 0.2) is 0 Å². The van der Waals surface area contributed by atoms with E-state index in [-0.39, 0.29) is 24.2 Å². The fraction of sp³-hybridized carbons (Fsp3) is 0.433. The maximum Gasteiger partial charge on any atom is 0.416 e. The van der Waals surface area contributed by atoms with Crippen LogP contribution in [0.4, 0.5) is 18.9 Å². The van der Waals surface area contributed by atoms with E-state index >= 15 is 0 Å². The van der Waals surface area contributed by atoms with Crippen molar-refractivity contribution >= 4 is 34.3 Å². The third-order valence-electron chi connectivity index (χ3n) is 7.28. The third-order valence-corrected chi connectivity index (χ3v) is 7.28. The van der Waals surface area contributed by atoms with Crippen LogP contribution in [-0.4, -0.2) is 64.9 Å². The quantitative estimate of drug-likeness (QED) is 0.390. The molecule has 13 heteroatoms. The predicted octanol–water partition coefficient (Wildman–Crippen LogP) is 3.10. The Kier molecular flexibility index (Phi) is 9.72. The minimum Gasteiger partial charge on any atom is -0.368 e. The lowest BCUT2D eigenvalue weighted by molar-refractivity contribution is -0.137. The molecule has 0 bridgehead atoms. The van der Waals surface area contributed by atoms with Gasteiger partial charge in [-0.2, -0.15) is 13.2 Å². The van der Waals surface area contributed by atoms with Gasteiger partial charge in [0, 0.05) is 45.3 Å². The zero-order chi connectivity index (χ0) is 31.3. The standard InChI is InChI=1S/C30H35F3N6O4/c1-19(2)16-34-27(41)15-26(21-4-6-22(7-5-21)30(31,32)33)36-28(42)17-39-18-35-25-9-8-23(14-24(25)29(39)43)38-12-10-37(11-13-38)20(3)40/h4-9,14,18-19,26H,10-13,15-17H2,1-3H3,(H,34,41)(H,36,42)/t26-/m1/s1. The lowest BCUT2D eigenvalue weighted by Crippen LogP contribution is -2.48. The van der Waals surface area contributed by atoms with Crippen LogP contribution < -0.4 is 21.1 Å². The Balaban J connectivity index is 1.52. The van der Waals surface area contributed by atoms with Crippen LogP contribution in [0.3, 0.4) is 0 Å². The summed E-state index contributed by atoms with van der Waals surface area (Å²) < 4.78 is 40.4. The fourth-order valence-electron chi connectivity index (χ4n) is 4.86. The van der Waals surface area contributed by atoms with Gasteiger partial charge in [0.25, 0.3) is 5.56 Å². The molecule has 0 unspecified atom stereocenters. The summed E-state index contributed by atoms with van der Waals surface area (Å²) in [7, 11) is 0. The van der Waals surface area contributed by atoms with Gasteiger partial charge >= 0.3 is 6.18 Å². The number of carbonyl (C=O) groups is 3. The molecule has 1 aliphatic heterocycles. The number of alkyl halides is 3. The van der Waals surface area contributed by atoms with E-state index in [2.05, 4.69) is 20.5 Å². The van der Waals surface area contributed by atoms with Crippen molar-refractivity contribution in [2.45, 2.75) is 46.0 Å². The molecular formula is C30H35F3N6O4. The summed E-state index contributed by atoms with van der Waals surface area (Å²) in [6.45, 7) is 7.72. The molecule has 1 saturated heterocycles.